The van der Waals surface area contributed by atoms with Gasteiger partial charge in [0.05, 0.1) is 0 Å². The molecule has 0 aliphatic rings. The molecule has 0 bridgehead atoms. The average Bonchev–Trinajstić information content (AvgIpc) is 2.72. The Kier molecular flexibility index (Phi) is 13.7. The number of aliphatic carboxylic acids is 1. The van der Waals surface area contributed by atoms with Crippen molar-refractivity contribution in [2.24, 2.45) is 0 Å². The van der Waals surface area contributed by atoms with Crippen molar-refractivity contribution < 1.29 is 15.0 Å². The summed E-state index contributed by atoms with van der Waals surface area (Å²) < 4.78 is 0. The zero-order chi connectivity index (χ0) is 25.8. The maximum Gasteiger partial charge on any atom is 0.316 e. The van der Waals surface area contributed by atoms with Gasteiger partial charge in [-0.2, -0.15) is 0 Å². The fourth-order valence-electron chi connectivity index (χ4n) is 4.39. The average molecular weight is 493 g/mol. The molecule has 1 unspecified atom stereocenters. The van der Waals surface area contributed by atoms with Crippen molar-refractivity contribution >= 4 is 17.7 Å². The number of rotatable bonds is 16. The highest BCUT2D eigenvalue weighted by Gasteiger charge is 2.27. The number of aromatic hydroxyl groups is 1. The van der Waals surface area contributed by atoms with Crippen LogP contribution in [-0.2, 0) is 21.4 Å². The Balaban J connectivity index is 2.55. The van der Waals surface area contributed by atoms with Crippen LogP contribution in [0.1, 0.15) is 142 Å². The third kappa shape index (κ3) is 11.5. The molecule has 0 spiro atoms. The molecule has 4 heteroatoms. The second-order valence-corrected chi connectivity index (χ2v) is 13.2. The largest absolute Gasteiger partial charge is 0.507 e. The number of benzene rings is 1. The van der Waals surface area contributed by atoms with Gasteiger partial charge in [0.2, 0.25) is 0 Å². The summed E-state index contributed by atoms with van der Waals surface area (Å²) in [5, 5.41) is 20.3. The van der Waals surface area contributed by atoms with Gasteiger partial charge < -0.3 is 10.2 Å². The van der Waals surface area contributed by atoms with Gasteiger partial charge in [-0.05, 0) is 33.9 Å². The summed E-state index contributed by atoms with van der Waals surface area (Å²) in [7, 11) is 0. The molecule has 34 heavy (non-hydrogen) atoms. The number of unbranched alkanes of at least 4 members (excludes halogenated alkanes) is 10. The van der Waals surface area contributed by atoms with Crippen LogP contribution in [0.3, 0.4) is 0 Å². The van der Waals surface area contributed by atoms with Gasteiger partial charge in [0, 0.05) is 5.75 Å². The number of phenols is 1. The van der Waals surface area contributed by atoms with Gasteiger partial charge in [0.25, 0.3) is 0 Å². The summed E-state index contributed by atoms with van der Waals surface area (Å²) in [6.07, 6.45) is 14.8. The minimum atomic E-state index is -0.706. The molecule has 1 atom stereocenters. The van der Waals surface area contributed by atoms with E-state index < -0.39 is 5.97 Å². The quantitative estimate of drug-likeness (QED) is 0.226. The topological polar surface area (TPSA) is 57.5 Å². The number of thioether (sulfide) groups is 1. The summed E-state index contributed by atoms with van der Waals surface area (Å²) in [5.74, 6) is 0.328. The molecule has 0 aliphatic heterocycles. The number of hydrogen-bond acceptors (Lipinski definition) is 3. The van der Waals surface area contributed by atoms with E-state index in [2.05, 4.69) is 60.6 Å². The maximum atomic E-state index is 11.9. The smallest absolute Gasteiger partial charge is 0.316 e. The lowest BCUT2D eigenvalue weighted by Gasteiger charge is -2.28. The first-order valence-corrected chi connectivity index (χ1v) is 14.6. The number of carboxylic acid groups (broad SMARTS) is 1. The first-order valence-electron chi connectivity index (χ1n) is 13.6. The van der Waals surface area contributed by atoms with Crippen molar-refractivity contribution in [2.75, 3.05) is 0 Å². The van der Waals surface area contributed by atoms with Crippen LogP contribution >= 0.6 is 11.8 Å². The van der Waals surface area contributed by atoms with Crippen LogP contribution in [0.25, 0.3) is 0 Å². The van der Waals surface area contributed by atoms with Crippen LogP contribution in [0.5, 0.6) is 5.75 Å². The molecule has 0 fully saturated rings. The van der Waals surface area contributed by atoms with Crippen molar-refractivity contribution in [3.05, 3.63) is 28.8 Å². The van der Waals surface area contributed by atoms with Gasteiger partial charge in [-0.1, -0.05) is 131 Å². The molecule has 0 radical (unpaired) electrons. The molecule has 0 saturated heterocycles. The highest BCUT2D eigenvalue weighted by Crippen LogP contribution is 2.40. The summed E-state index contributed by atoms with van der Waals surface area (Å²) >= 11 is 1.53. The molecule has 0 aliphatic carbocycles. The fourth-order valence-corrected chi connectivity index (χ4v) is 5.43. The van der Waals surface area contributed by atoms with E-state index in [0.29, 0.717) is 11.5 Å². The molecule has 3 nitrogen and oxygen atoms in total. The molecule has 0 aromatic heterocycles. The molecular weight excluding hydrogens is 440 g/mol. The fraction of sp³-hybridized carbons (Fsp3) is 0.767. The monoisotopic (exact) mass is 492 g/mol. The van der Waals surface area contributed by atoms with Gasteiger partial charge in [0.15, 0.2) is 0 Å². The predicted molar refractivity (Wildman–Crippen MR) is 149 cm³/mol. The lowest BCUT2D eigenvalue weighted by Crippen LogP contribution is -2.19. The minimum Gasteiger partial charge on any atom is -0.507 e. The second-order valence-electron chi connectivity index (χ2n) is 12.0. The van der Waals surface area contributed by atoms with E-state index in [1.165, 1.54) is 69.5 Å². The molecule has 1 aromatic rings. The van der Waals surface area contributed by atoms with Crippen LogP contribution in [-0.4, -0.2) is 21.4 Å². The number of carbonyl (C=O) groups is 1. The van der Waals surface area contributed by atoms with Crippen LogP contribution in [0.15, 0.2) is 12.1 Å². The molecule has 2 N–H and O–H groups in total. The summed E-state index contributed by atoms with van der Waals surface area (Å²) in [6, 6.07) is 4.14. The Hall–Kier alpha value is -1.16. The summed E-state index contributed by atoms with van der Waals surface area (Å²) in [5.41, 5.74) is 2.63. The van der Waals surface area contributed by atoms with E-state index in [4.69, 9.17) is 0 Å². The van der Waals surface area contributed by atoms with Crippen molar-refractivity contribution in [2.45, 2.75) is 147 Å². The van der Waals surface area contributed by atoms with Crippen molar-refractivity contribution in [3.8, 4) is 5.75 Å². The van der Waals surface area contributed by atoms with Crippen molar-refractivity contribution in [1.29, 1.82) is 0 Å². The van der Waals surface area contributed by atoms with Gasteiger partial charge in [0.1, 0.15) is 11.0 Å². The first-order chi connectivity index (χ1) is 15.9. The third-order valence-corrected chi connectivity index (χ3v) is 7.92. The van der Waals surface area contributed by atoms with E-state index in [1.807, 2.05) is 0 Å². The molecule has 0 saturated carbocycles. The van der Waals surface area contributed by atoms with Gasteiger partial charge in [-0.15, -0.1) is 11.8 Å². The lowest BCUT2D eigenvalue weighted by atomic mass is 9.78. The molecule has 196 valence electrons. The Labute approximate surface area is 214 Å². The highest BCUT2D eigenvalue weighted by atomic mass is 32.2. The van der Waals surface area contributed by atoms with Gasteiger partial charge >= 0.3 is 5.97 Å². The second kappa shape index (κ2) is 15.1. The van der Waals surface area contributed by atoms with Crippen LogP contribution in [0, 0.1) is 0 Å². The zero-order valence-corrected chi connectivity index (χ0v) is 24.0. The predicted octanol–water partition coefficient (Wildman–Crippen LogP) is 9.37. The lowest BCUT2D eigenvalue weighted by molar-refractivity contribution is -0.136. The van der Waals surface area contributed by atoms with E-state index >= 15 is 0 Å². The van der Waals surface area contributed by atoms with E-state index in [0.717, 1.165) is 36.0 Å². The van der Waals surface area contributed by atoms with E-state index in [-0.39, 0.29) is 16.1 Å². The van der Waals surface area contributed by atoms with Gasteiger partial charge in [-0.3, -0.25) is 4.79 Å². The van der Waals surface area contributed by atoms with Crippen LogP contribution in [0.4, 0.5) is 0 Å². The normalized spacial score (nSPS) is 13.3. The Morgan fingerprint density at radius 2 is 1.21 bits per heavy atom. The van der Waals surface area contributed by atoms with Gasteiger partial charge in [-0.25, -0.2) is 0 Å². The first kappa shape index (κ1) is 30.9. The Morgan fingerprint density at radius 3 is 1.59 bits per heavy atom. The Bertz CT molecular complexity index is 693. The van der Waals surface area contributed by atoms with Crippen LogP contribution < -0.4 is 0 Å². The standard InChI is InChI=1S/C30H52O3S/c1-8-9-10-11-12-13-14-15-16-17-18-19-26(28(32)33)34-22-23-20-24(29(2,3)4)27(31)25(21-23)30(5,6)7/h20-21,26,31H,8-19,22H2,1-7H3,(H,32,33). The molecule has 0 amide bonds. The molecule has 1 aromatic carbocycles. The highest BCUT2D eigenvalue weighted by molar-refractivity contribution is 7.99. The SMILES string of the molecule is CCCCCCCCCCCCCC(SCc1cc(C(C)(C)C)c(O)c(C(C)(C)C)c1)C(=O)O. The molecule has 1 rings (SSSR count). The summed E-state index contributed by atoms with van der Waals surface area (Å²) in [4.78, 5) is 11.9. The van der Waals surface area contributed by atoms with Crippen molar-refractivity contribution in [3.63, 3.8) is 0 Å². The Morgan fingerprint density at radius 1 is 0.794 bits per heavy atom. The van der Waals surface area contributed by atoms with E-state index in [1.54, 1.807) is 0 Å². The number of carboxylic acids is 1. The summed E-state index contributed by atoms with van der Waals surface area (Å²) in [6.45, 7) is 14.9. The zero-order valence-electron chi connectivity index (χ0n) is 23.1. The van der Waals surface area contributed by atoms with Crippen LogP contribution in [0.2, 0.25) is 0 Å². The number of phenolic OH excluding ortho intramolecular Hbond substituents is 1. The third-order valence-electron chi connectivity index (χ3n) is 6.58. The van der Waals surface area contributed by atoms with E-state index in [9.17, 15) is 15.0 Å². The maximum absolute atomic E-state index is 11.9. The van der Waals surface area contributed by atoms with Crippen molar-refractivity contribution in [1.82, 2.24) is 0 Å². The minimum absolute atomic E-state index is 0.174. The molecular formula is C30H52O3S. The number of hydrogen-bond donors (Lipinski definition) is 2. The molecule has 0 heterocycles.